The van der Waals surface area contributed by atoms with E-state index in [0.717, 1.165) is 0 Å². The van der Waals surface area contributed by atoms with Crippen molar-refractivity contribution in [3.05, 3.63) is 0 Å². The number of carboxylic acid groups (broad SMARTS) is 1. The summed E-state index contributed by atoms with van der Waals surface area (Å²) in [4.78, 5) is 58.1. The molecule has 15 heteroatoms. The molecule has 0 bridgehead atoms. The number of hydrogen-bond donors (Lipinski definition) is 9. The van der Waals surface area contributed by atoms with Gasteiger partial charge >= 0.3 is 5.97 Å². The van der Waals surface area contributed by atoms with Gasteiger partial charge in [0, 0.05) is 13.1 Å². The van der Waals surface area contributed by atoms with Crippen molar-refractivity contribution in [3.8, 4) is 0 Å². The van der Waals surface area contributed by atoms with E-state index in [0.29, 0.717) is 32.2 Å². The fourth-order valence-electron chi connectivity index (χ4n) is 3.41. The predicted octanol–water partition coefficient (Wildman–Crippen LogP) is -2.34. The quantitative estimate of drug-likeness (QED) is 0.0505. The molecule has 0 aliphatic rings. The molecule has 0 aromatic carbocycles. The third-order valence-electron chi connectivity index (χ3n) is 5.90. The van der Waals surface area contributed by atoms with Crippen molar-refractivity contribution in [2.24, 2.45) is 50.5 Å². The zero-order valence-corrected chi connectivity index (χ0v) is 22.8. The largest absolute Gasteiger partial charge is 0.480 e. The molecular formula is C23H46N10O5. The normalized spacial score (nSPS) is 14.8. The third kappa shape index (κ3) is 13.6. The fourth-order valence-corrected chi connectivity index (χ4v) is 3.41. The number of carboxylic acids is 1. The summed E-state index contributed by atoms with van der Waals surface area (Å²) >= 11 is 0. The average molecular weight is 543 g/mol. The lowest BCUT2D eigenvalue weighted by Gasteiger charge is -2.29. The van der Waals surface area contributed by atoms with Crippen LogP contribution in [0.15, 0.2) is 9.98 Å². The van der Waals surface area contributed by atoms with E-state index in [1.165, 1.54) is 0 Å². The summed E-state index contributed by atoms with van der Waals surface area (Å²) in [5.41, 5.74) is 27.1. The molecule has 15 nitrogen and oxygen atoms in total. The van der Waals surface area contributed by atoms with Crippen LogP contribution >= 0.6 is 0 Å². The van der Waals surface area contributed by atoms with E-state index in [-0.39, 0.29) is 36.7 Å². The smallest absolute Gasteiger partial charge is 0.326 e. The fraction of sp³-hybridized carbons (Fsp3) is 0.739. The molecule has 0 aromatic heterocycles. The second-order valence-corrected chi connectivity index (χ2v) is 9.51. The van der Waals surface area contributed by atoms with Crippen molar-refractivity contribution in [1.29, 1.82) is 0 Å². The van der Waals surface area contributed by atoms with Crippen molar-refractivity contribution in [2.45, 2.75) is 84.0 Å². The highest BCUT2D eigenvalue weighted by molar-refractivity contribution is 5.94. The van der Waals surface area contributed by atoms with Gasteiger partial charge in [-0.05, 0) is 37.5 Å². The van der Waals surface area contributed by atoms with Gasteiger partial charge in [0.15, 0.2) is 11.9 Å². The first-order valence-electron chi connectivity index (χ1n) is 12.7. The minimum Gasteiger partial charge on any atom is -0.480 e. The maximum absolute atomic E-state index is 13.2. The molecular weight excluding hydrogens is 496 g/mol. The Morgan fingerprint density at radius 1 is 0.763 bits per heavy atom. The first-order valence-corrected chi connectivity index (χ1v) is 12.7. The number of aliphatic carboxylic acids is 1. The van der Waals surface area contributed by atoms with Gasteiger partial charge in [0.1, 0.15) is 18.1 Å². The second-order valence-electron chi connectivity index (χ2n) is 9.51. The molecule has 0 saturated carbocycles. The van der Waals surface area contributed by atoms with Gasteiger partial charge in [0.05, 0.1) is 6.04 Å². The van der Waals surface area contributed by atoms with E-state index in [4.69, 9.17) is 28.7 Å². The SMILES string of the molecule is CCC(C)C(NC(=O)C(N)CCCN=C(N)N)C(=O)NC(C(=O)NC(CCCN=C(N)N)C(=O)O)C(C)C. The van der Waals surface area contributed by atoms with Crippen molar-refractivity contribution >= 4 is 35.6 Å². The van der Waals surface area contributed by atoms with E-state index in [1.54, 1.807) is 20.8 Å². The van der Waals surface area contributed by atoms with Gasteiger partial charge in [0.2, 0.25) is 17.7 Å². The first-order chi connectivity index (χ1) is 17.7. The summed E-state index contributed by atoms with van der Waals surface area (Å²) in [5, 5.41) is 17.3. The number of guanidine groups is 2. The Kier molecular flexibility index (Phi) is 16.1. The van der Waals surface area contributed by atoms with Crippen LogP contribution in [0.1, 0.15) is 59.8 Å². The molecule has 0 heterocycles. The lowest BCUT2D eigenvalue weighted by Crippen LogP contribution is -2.59. The number of nitrogens with zero attached hydrogens (tertiary/aromatic N) is 2. The summed E-state index contributed by atoms with van der Waals surface area (Å²) < 4.78 is 0. The molecule has 38 heavy (non-hydrogen) atoms. The highest BCUT2D eigenvalue weighted by Crippen LogP contribution is 2.12. The summed E-state index contributed by atoms with van der Waals surface area (Å²) in [6.45, 7) is 7.59. The van der Waals surface area contributed by atoms with E-state index in [2.05, 4.69) is 25.9 Å². The number of carbonyl (C=O) groups excluding carboxylic acids is 3. The zero-order chi connectivity index (χ0) is 29.4. The minimum absolute atomic E-state index is 0.0547. The van der Waals surface area contributed by atoms with Gasteiger partial charge in [-0.25, -0.2) is 4.79 Å². The van der Waals surface area contributed by atoms with Gasteiger partial charge in [-0.3, -0.25) is 24.4 Å². The average Bonchev–Trinajstić information content (AvgIpc) is 2.83. The number of carbonyl (C=O) groups is 4. The van der Waals surface area contributed by atoms with Crippen LogP contribution in [0.3, 0.4) is 0 Å². The highest BCUT2D eigenvalue weighted by atomic mass is 16.4. The van der Waals surface area contributed by atoms with Gasteiger partial charge in [-0.2, -0.15) is 0 Å². The number of nitrogens with two attached hydrogens (primary N) is 5. The van der Waals surface area contributed by atoms with E-state index in [9.17, 15) is 24.3 Å². The second kappa shape index (κ2) is 17.8. The van der Waals surface area contributed by atoms with Crippen molar-refractivity contribution in [3.63, 3.8) is 0 Å². The van der Waals surface area contributed by atoms with Crippen LogP contribution in [0.25, 0.3) is 0 Å². The molecule has 0 radical (unpaired) electrons. The minimum atomic E-state index is -1.23. The Morgan fingerprint density at radius 3 is 1.68 bits per heavy atom. The van der Waals surface area contributed by atoms with Gasteiger partial charge in [0.25, 0.3) is 0 Å². The predicted molar refractivity (Wildman–Crippen MR) is 146 cm³/mol. The Labute approximate surface area is 223 Å². The maximum atomic E-state index is 13.2. The van der Waals surface area contributed by atoms with Crippen molar-refractivity contribution in [1.82, 2.24) is 16.0 Å². The number of amides is 3. The lowest BCUT2D eigenvalue weighted by molar-refractivity contribution is -0.143. The van der Waals surface area contributed by atoms with Gasteiger partial charge in [-0.1, -0.05) is 34.1 Å². The number of nitrogens with one attached hydrogen (secondary N) is 3. The molecule has 0 fully saturated rings. The van der Waals surface area contributed by atoms with Crippen LogP contribution < -0.4 is 44.6 Å². The monoisotopic (exact) mass is 542 g/mol. The Bertz CT molecular complexity index is 840. The van der Waals surface area contributed by atoms with Crippen molar-refractivity contribution < 1.29 is 24.3 Å². The van der Waals surface area contributed by atoms with Crippen LogP contribution in [-0.2, 0) is 19.2 Å². The number of hydrogen-bond acceptors (Lipinski definition) is 7. The van der Waals surface area contributed by atoms with Gasteiger partial charge < -0.3 is 49.7 Å². The zero-order valence-electron chi connectivity index (χ0n) is 22.8. The molecule has 3 amide bonds. The van der Waals surface area contributed by atoms with E-state index in [1.807, 2.05) is 6.92 Å². The molecule has 0 aliphatic heterocycles. The van der Waals surface area contributed by atoms with E-state index < -0.39 is 47.9 Å². The number of rotatable bonds is 18. The lowest BCUT2D eigenvalue weighted by atomic mass is 9.95. The van der Waals surface area contributed by atoms with Crippen LogP contribution in [0.2, 0.25) is 0 Å². The maximum Gasteiger partial charge on any atom is 0.326 e. The molecule has 0 saturated heterocycles. The molecule has 5 unspecified atom stereocenters. The summed E-state index contributed by atoms with van der Waals surface area (Å²) in [5.74, 6) is -3.80. The molecule has 5 atom stereocenters. The van der Waals surface area contributed by atoms with Crippen LogP contribution in [0.5, 0.6) is 0 Å². The summed E-state index contributed by atoms with van der Waals surface area (Å²) in [6.07, 6.45) is 1.74. The molecule has 0 aliphatic carbocycles. The van der Waals surface area contributed by atoms with Crippen LogP contribution in [0.4, 0.5) is 0 Å². The van der Waals surface area contributed by atoms with Crippen molar-refractivity contribution in [2.75, 3.05) is 13.1 Å². The Hall–Kier alpha value is -3.62. The standard InChI is InChI=1S/C23H46N10O5/c1-5-13(4)17(33-18(34)14(24)8-6-10-29-22(25)26)20(36)32-16(12(2)3)19(35)31-15(21(37)38)9-7-11-30-23(27)28/h12-17H,5-11,24H2,1-4H3,(H,31,35)(H,32,36)(H,33,34)(H,37,38)(H4,25,26,29)(H4,27,28,30). The number of aliphatic imine (C=N–C) groups is 2. The first kappa shape index (κ1) is 34.4. The van der Waals surface area contributed by atoms with E-state index >= 15 is 0 Å². The van der Waals surface area contributed by atoms with Crippen LogP contribution in [0, 0.1) is 11.8 Å². The summed E-state index contributed by atoms with van der Waals surface area (Å²) in [6, 6.07) is -4.08. The Morgan fingerprint density at radius 2 is 1.24 bits per heavy atom. The third-order valence-corrected chi connectivity index (χ3v) is 5.90. The molecule has 14 N–H and O–H groups in total. The van der Waals surface area contributed by atoms with Crippen LogP contribution in [-0.4, -0.2) is 78.0 Å². The molecule has 0 rings (SSSR count). The highest BCUT2D eigenvalue weighted by Gasteiger charge is 2.33. The molecule has 218 valence electrons. The topological polar surface area (TPSA) is 279 Å². The molecule has 0 spiro atoms. The van der Waals surface area contributed by atoms with Gasteiger partial charge in [-0.15, -0.1) is 0 Å². The molecule has 0 aromatic rings. The summed E-state index contributed by atoms with van der Waals surface area (Å²) in [7, 11) is 0. The Balaban J connectivity index is 5.35.